The van der Waals surface area contributed by atoms with Gasteiger partial charge in [-0.1, -0.05) is 0 Å². The molecule has 2 N–H and O–H groups in total. The molecule has 1 aliphatic heterocycles. The highest BCUT2D eigenvalue weighted by Gasteiger charge is 2.48. The minimum Gasteiger partial charge on any atom is -0.467 e. The SMILES string of the molecule is COC(=O)C(CO)NC(=O)c1coc([C@@H]2COC(C)(C)N2C(=O)OC(C)(C)C)n1. The second-order valence-electron chi connectivity index (χ2n) is 7.93. The van der Waals surface area contributed by atoms with Crippen LogP contribution in [0.2, 0.25) is 0 Å². The van der Waals surface area contributed by atoms with Crippen molar-refractivity contribution in [2.24, 2.45) is 0 Å². The first-order valence-electron chi connectivity index (χ1n) is 9.01. The zero-order valence-electron chi connectivity index (χ0n) is 17.3. The molecule has 2 rings (SSSR count). The summed E-state index contributed by atoms with van der Waals surface area (Å²) < 4.78 is 21.0. The predicted octanol–water partition coefficient (Wildman–Crippen LogP) is 0.983. The number of amides is 2. The zero-order valence-corrected chi connectivity index (χ0v) is 17.3. The predicted molar refractivity (Wildman–Crippen MR) is 97.7 cm³/mol. The van der Waals surface area contributed by atoms with E-state index in [0.717, 1.165) is 13.4 Å². The Morgan fingerprint density at radius 3 is 2.62 bits per heavy atom. The lowest BCUT2D eigenvalue weighted by Gasteiger charge is -2.34. The molecule has 2 amide bonds. The first kappa shape index (κ1) is 22.6. The smallest absolute Gasteiger partial charge is 0.413 e. The Kier molecular flexibility index (Phi) is 6.53. The monoisotopic (exact) mass is 413 g/mol. The van der Waals surface area contributed by atoms with Crippen LogP contribution in [0.15, 0.2) is 10.7 Å². The summed E-state index contributed by atoms with van der Waals surface area (Å²) in [7, 11) is 1.14. The topological polar surface area (TPSA) is 140 Å². The third-order valence-corrected chi connectivity index (χ3v) is 4.09. The largest absolute Gasteiger partial charge is 0.467 e. The minimum absolute atomic E-state index is 0.0743. The van der Waals surface area contributed by atoms with Gasteiger partial charge in [0.2, 0.25) is 5.89 Å². The summed E-state index contributed by atoms with van der Waals surface area (Å²) in [6.07, 6.45) is 0.481. The van der Waals surface area contributed by atoms with Gasteiger partial charge in [0.15, 0.2) is 11.7 Å². The van der Waals surface area contributed by atoms with E-state index in [-0.39, 0.29) is 18.2 Å². The van der Waals surface area contributed by atoms with Crippen LogP contribution < -0.4 is 5.32 Å². The Morgan fingerprint density at radius 1 is 1.41 bits per heavy atom. The van der Waals surface area contributed by atoms with Gasteiger partial charge >= 0.3 is 12.1 Å². The van der Waals surface area contributed by atoms with Crippen molar-refractivity contribution in [3.8, 4) is 0 Å². The highest BCUT2D eigenvalue weighted by atomic mass is 16.6. The van der Waals surface area contributed by atoms with Crippen LogP contribution in [-0.4, -0.2) is 70.7 Å². The van der Waals surface area contributed by atoms with Gasteiger partial charge in [-0.05, 0) is 34.6 Å². The Labute approximate surface area is 168 Å². The number of oxazole rings is 1. The van der Waals surface area contributed by atoms with Crippen LogP contribution >= 0.6 is 0 Å². The van der Waals surface area contributed by atoms with E-state index in [0.29, 0.717) is 0 Å². The number of carbonyl (C=O) groups is 3. The molecule has 11 heteroatoms. The normalized spacial score (nSPS) is 19.6. The van der Waals surface area contributed by atoms with Crippen molar-refractivity contribution in [2.75, 3.05) is 20.3 Å². The highest BCUT2D eigenvalue weighted by Crippen LogP contribution is 2.37. The van der Waals surface area contributed by atoms with Crippen LogP contribution in [-0.2, 0) is 19.0 Å². The fourth-order valence-electron chi connectivity index (χ4n) is 2.74. The second kappa shape index (κ2) is 8.37. The van der Waals surface area contributed by atoms with Gasteiger partial charge in [-0.3, -0.25) is 9.69 Å². The molecule has 1 aromatic rings. The van der Waals surface area contributed by atoms with E-state index >= 15 is 0 Å². The van der Waals surface area contributed by atoms with E-state index in [9.17, 15) is 19.5 Å². The fraction of sp³-hybridized carbons (Fsp3) is 0.667. The summed E-state index contributed by atoms with van der Waals surface area (Å²) in [5, 5.41) is 11.5. The van der Waals surface area contributed by atoms with Crippen molar-refractivity contribution >= 4 is 18.0 Å². The molecular weight excluding hydrogens is 386 g/mol. The standard InChI is InChI=1S/C18H27N3O8/c1-17(2,3)29-16(25)21-12(9-28-18(21,4)5)14-20-11(8-27-14)13(23)19-10(7-22)15(24)26-6/h8,10,12,22H,7,9H2,1-6H3,(H,19,23)/t10?,12-/m0/s1. The molecule has 1 aromatic heterocycles. The van der Waals surface area contributed by atoms with Crippen molar-refractivity contribution < 1.29 is 38.1 Å². The lowest BCUT2D eigenvalue weighted by molar-refractivity contribution is -0.143. The number of nitrogens with one attached hydrogen (secondary N) is 1. The van der Waals surface area contributed by atoms with Crippen LogP contribution in [0, 0.1) is 0 Å². The lowest BCUT2D eigenvalue weighted by Crippen LogP contribution is -2.47. The van der Waals surface area contributed by atoms with Crippen LogP contribution in [0.4, 0.5) is 4.79 Å². The summed E-state index contributed by atoms with van der Waals surface area (Å²) in [4.78, 5) is 42.0. The van der Waals surface area contributed by atoms with Crippen molar-refractivity contribution in [2.45, 2.75) is 58.0 Å². The van der Waals surface area contributed by atoms with E-state index in [1.54, 1.807) is 34.6 Å². The molecule has 0 spiro atoms. The summed E-state index contributed by atoms with van der Waals surface area (Å²) >= 11 is 0. The molecule has 0 bridgehead atoms. The Morgan fingerprint density at radius 2 is 2.07 bits per heavy atom. The number of aliphatic hydroxyl groups is 1. The maximum absolute atomic E-state index is 12.7. The molecule has 162 valence electrons. The first-order valence-corrected chi connectivity index (χ1v) is 9.01. The van der Waals surface area contributed by atoms with Gasteiger partial charge in [0, 0.05) is 0 Å². The first-order chi connectivity index (χ1) is 13.4. The summed E-state index contributed by atoms with van der Waals surface area (Å²) in [6, 6.07) is -1.95. The van der Waals surface area contributed by atoms with Crippen LogP contribution in [0.25, 0.3) is 0 Å². The Hall–Kier alpha value is -2.66. The van der Waals surface area contributed by atoms with Crippen molar-refractivity contribution in [1.29, 1.82) is 0 Å². The third-order valence-electron chi connectivity index (χ3n) is 4.09. The van der Waals surface area contributed by atoms with Gasteiger partial charge in [0.1, 0.15) is 23.6 Å². The Balaban J connectivity index is 2.20. The van der Waals surface area contributed by atoms with Gasteiger partial charge in [-0.25, -0.2) is 14.6 Å². The number of ether oxygens (including phenoxy) is 3. The minimum atomic E-state index is -1.24. The van der Waals surface area contributed by atoms with E-state index in [4.69, 9.17) is 13.9 Å². The van der Waals surface area contributed by atoms with Crippen molar-refractivity contribution in [3.63, 3.8) is 0 Å². The summed E-state index contributed by atoms with van der Waals surface area (Å²) in [5.41, 5.74) is -1.82. The van der Waals surface area contributed by atoms with Gasteiger partial charge in [-0.2, -0.15) is 0 Å². The molecule has 11 nitrogen and oxygen atoms in total. The molecule has 0 radical (unpaired) electrons. The fourth-order valence-corrected chi connectivity index (χ4v) is 2.74. The maximum atomic E-state index is 12.7. The van der Waals surface area contributed by atoms with Crippen LogP contribution in [0.5, 0.6) is 0 Å². The molecule has 29 heavy (non-hydrogen) atoms. The number of hydrogen-bond acceptors (Lipinski definition) is 9. The number of methoxy groups -OCH3 is 1. The van der Waals surface area contributed by atoms with E-state index in [1.807, 2.05) is 0 Å². The average Bonchev–Trinajstić information content (AvgIpc) is 3.21. The molecule has 1 unspecified atom stereocenters. The number of hydrogen-bond donors (Lipinski definition) is 2. The number of aromatic nitrogens is 1. The van der Waals surface area contributed by atoms with Gasteiger partial charge in [0.25, 0.3) is 5.91 Å². The Bertz CT molecular complexity index is 767. The third kappa shape index (κ3) is 5.24. The average molecular weight is 413 g/mol. The van der Waals surface area contributed by atoms with Gasteiger partial charge in [-0.15, -0.1) is 0 Å². The molecule has 1 saturated heterocycles. The maximum Gasteiger partial charge on any atom is 0.413 e. The number of nitrogens with zero attached hydrogens (tertiary/aromatic N) is 2. The molecular formula is C18H27N3O8. The molecule has 2 heterocycles. The zero-order chi connectivity index (χ0) is 22.0. The molecule has 1 fully saturated rings. The molecule has 0 aromatic carbocycles. The van der Waals surface area contributed by atoms with E-state index in [1.165, 1.54) is 4.90 Å². The van der Waals surface area contributed by atoms with Gasteiger partial charge < -0.3 is 29.1 Å². The van der Waals surface area contributed by atoms with Crippen molar-refractivity contribution in [1.82, 2.24) is 15.2 Å². The second-order valence-corrected chi connectivity index (χ2v) is 7.93. The van der Waals surface area contributed by atoms with Crippen molar-refractivity contribution in [3.05, 3.63) is 17.8 Å². The molecule has 0 aliphatic carbocycles. The van der Waals surface area contributed by atoms with E-state index < -0.39 is 48.0 Å². The molecule has 2 atom stereocenters. The number of rotatable bonds is 5. The number of esters is 1. The number of aliphatic hydroxyl groups excluding tert-OH is 1. The van der Waals surface area contributed by atoms with E-state index in [2.05, 4.69) is 15.0 Å². The van der Waals surface area contributed by atoms with Crippen LogP contribution in [0.3, 0.4) is 0 Å². The number of carbonyl (C=O) groups excluding carboxylic acids is 3. The quantitative estimate of drug-likeness (QED) is 0.676. The highest BCUT2D eigenvalue weighted by molar-refractivity contribution is 5.95. The van der Waals surface area contributed by atoms with Gasteiger partial charge in [0.05, 0.1) is 20.3 Å². The lowest BCUT2D eigenvalue weighted by atomic mass is 10.2. The molecule has 1 aliphatic rings. The summed E-state index contributed by atoms with van der Waals surface area (Å²) in [6.45, 7) is 8.10. The summed E-state index contributed by atoms with van der Waals surface area (Å²) in [5.74, 6) is -1.47. The molecule has 0 saturated carbocycles. The van der Waals surface area contributed by atoms with Crippen LogP contribution in [0.1, 0.15) is 57.0 Å².